The van der Waals surface area contributed by atoms with Crippen LogP contribution in [-0.2, 0) is 10.1 Å². The van der Waals surface area contributed by atoms with E-state index in [4.69, 9.17) is 9.66 Å². The summed E-state index contributed by atoms with van der Waals surface area (Å²) in [6, 6.07) is 0. The van der Waals surface area contributed by atoms with Gasteiger partial charge in [-0.3, -0.25) is 4.55 Å². The van der Waals surface area contributed by atoms with Crippen LogP contribution in [-0.4, -0.2) is 53.1 Å². The predicted octanol–water partition coefficient (Wildman–Crippen LogP) is -0.142. The van der Waals surface area contributed by atoms with Crippen molar-refractivity contribution in [3.05, 3.63) is 0 Å². The fourth-order valence-corrected chi connectivity index (χ4v) is 1.34. The number of aliphatic hydroxyl groups excluding tert-OH is 1. The van der Waals surface area contributed by atoms with E-state index in [9.17, 15) is 8.42 Å². The molecule has 0 fully saturated rings. The van der Waals surface area contributed by atoms with Gasteiger partial charge in [-0.1, -0.05) is 20.8 Å². The fourth-order valence-electron chi connectivity index (χ4n) is 0.447. The standard InChI is InChI=1S/C5H12O4S.Na/c1-5(2,3)4(6)10(7,8)9;/h4,6H,1-3H3,(H,7,8,9);. The third-order valence-corrected chi connectivity index (χ3v) is 2.29. The van der Waals surface area contributed by atoms with Crippen LogP contribution in [0.1, 0.15) is 20.8 Å². The molecule has 0 aliphatic carbocycles. The molecule has 0 aliphatic rings. The second-order valence-electron chi connectivity index (χ2n) is 3.23. The minimum atomic E-state index is -4.30. The van der Waals surface area contributed by atoms with E-state index >= 15 is 0 Å². The molecule has 1 unspecified atom stereocenters. The van der Waals surface area contributed by atoms with Crippen molar-refractivity contribution < 1.29 is 18.1 Å². The van der Waals surface area contributed by atoms with E-state index in [1.54, 1.807) is 0 Å². The largest absolute Gasteiger partial charge is 0.375 e. The first-order valence-electron chi connectivity index (χ1n) is 2.80. The SMILES string of the molecule is CC(C)(C)C(O)S(=O)(=O)O.[Na]. The Bertz CT molecular complexity index is 203. The quantitative estimate of drug-likeness (QED) is 0.447. The zero-order chi connectivity index (χ0) is 8.58. The second-order valence-corrected chi connectivity index (χ2v) is 4.71. The molecule has 1 radical (unpaired) electrons. The maximum absolute atomic E-state index is 10.3. The third kappa shape index (κ3) is 5.16. The van der Waals surface area contributed by atoms with Crippen LogP contribution in [0.5, 0.6) is 0 Å². The Morgan fingerprint density at radius 2 is 1.55 bits per heavy atom. The molecule has 0 heterocycles. The van der Waals surface area contributed by atoms with Gasteiger partial charge < -0.3 is 5.11 Å². The summed E-state index contributed by atoms with van der Waals surface area (Å²) in [5, 5.41) is 8.88. The van der Waals surface area contributed by atoms with Crippen molar-refractivity contribution in [3.8, 4) is 0 Å². The normalized spacial score (nSPS) is 15.4. The van der Waals surface area contributed by atoms with Gasteiger partial charge in [-0.15, -0.1) is 0 Å². The van der Waals surface area contributed by atoms with Crippen LogP contribution in [0.3, 0.4) is 0 Å². The van der Waals surface area contributed by atoms with E-state index < -0.39 is 21.0 Å². The third-order valence-electron chi connectivity index (χ3n) is 1.02. The van der Waals surface area contributed by atoms with E-state index in [1.807, 2.05) is 0 Å². The van der Waals surface area contributed by atoms with Crippen molar-refractivity contribution in [1.29, 1.82) is 0 Å². The summed E-state index contributed by atoms with van der Waals surface area (Å²) in [5.41, 5.74) is -2.55. The van der Waals surface area contributed by atoms with Gasteiger partial charge in [0.2, 0.25) is 0 Å². The first-order chi connectivity index (χ1) is 4.15. The van der Waals surface area contributed by atoms with Gasteiger partial charge in [0.05, 0.1) is 0 Å². The molecule has 0 amide bonds. The molecule has 0 aliphatic heterocycles. The molecule has 0 aromatic carbocycles. The molecular formula is C5H12NaO4S. The summed E-state index contributed by atoms with van der Waals surface area (Å²) in [6.07, 6.45) is 0. The summed E-state index contributed by atoms with van der Waals surface area (Å²) in [5.74, 6) is 0. The van der Waals surface area contributed by atoms with Crippen molar-refractivity contribution in [2.75, 3.05) is 0 Å². The molecule has 0 saturated carbocycles. The number of hydrogen-bond donors (Lipinski definition) is 2. The van der Waals surface area contributed by atoms with E-state index in [2.05, 4.69) is 0 Å². The summed E-state index contributed by atoms with van der Waals surface area (Å²) < 4.78 is 28.9. The van der Waals surface area contributed by atoms with E-state index in [0.717, 1.165) is 0 Å². The Balaban J connectivity index is 0. The van der Waals surface area contributed by atoms with Gasteiger partial charge in [0, 0.05) is 35.0 Å². The predicted molar refractivity (Wildman–Crippen MR) is 42.8 cm³/mol. The van der Waals surface area contributed by atoms with E-state index in [1.165, 1.54) is 20.8 Å². The second kappa shape index (κ2) is 4.20. The molecule has 0 aromatic heterocycles. The van der Waals surface area contributed by atoms with Crippen LogP contribution < -0.4 is 0 Å². The zero-order valence-electron chi connectivity index (χ0n) is 7.20. The fraction of sp³-hybridized carbons (Fsp3) is 1.00. The number of aliphatic hydroxyl groups is 1. The Hall–Kier alpha value is 0.870. The molecule has 2 N–H and O–H groups in total. The van der Waals surface area contributed by atoms with E-state index in [-0.39, 0.29) is 29.6 Å². The van der Waals surface area contributed by atoms with Gasteiger partial charge in [0.15, 0.2) is 5.44 Å². The van der Waals surface area contributed by atoms with Crippen LogP contribution in [0.25, 0.3) is 0 Å². The Morgan fingerprint density at radius 3 is 1.55 bits per heavy atom. The molecular weight excluding hydrogens is 179 g/mol. The zero-order valence-corrected chi connectivity index (χ0v) is 10.0. The molecule has 0 rings (SSSR count). The van der Waals surface area contributed by atoms with Crippen molar-refractivity contribution in [1.82, 2.24) is 0 Å². The molecule has 0 bridgehead atoms. The number of hydrogen-bond acceptors (Lipinski definition) is 3. The average Bonchev–Trinajstić information content (AvgIpc) is 1.59. The number of rotatable bonds is 1. The van der Waals surface area contributed by atoms with Crippen LogP contribution in [0.4, 0.5) is 0 Å². The van der Waals surface area contributed by atoms with Gasteiger partial charge >= 0.3 is 0 Å². The van der Waals surface area contributed by atoms with Crippen LogP contribution in [0, 0.1) is 5.41 Å². The molecule has 0 spiro atoms. The smallest absolute Gasteiger partial charge is 0.292 e. The summed E-state index contributed by atoms with van der Waals surface area (Å²) in [6.45, 7) is 4.56. The van der Waals surface area contributed by atoms with Crippen LogP contribution >= 0.6 is 0 Å². The minimum absolute atomic E-state index is 0. The average molecular weight is 191 g/mol. The molecule has 0 aromatic rings. The van der Waals surface area contributed by atoms with Crippen molar-refractivity contribution >= 4 is 39.7 Å². The maximum atomic E-state index is 10.3. The van der Waals surface area contributed by atoms with Crippen LogP contribution in [0.15, 0.2) is 0 Å². The first-order valence-corrected chi connectivity index (χ1v) is 4.30. The van der Waals surface area contributed by atoms with Gasteiger partial charge in [-0.05, 0) is 0 Å². The van der Waals surface area contributed by atoms with Crippen molar-refractivity contribution in [2.24, 2.45) is 5.41 Å². The van der Waals surface area contributed by atoms with Gasteiger partial charge in [0.1, 0.15) is 0 Å². The van der Waals surface area contributed by atoms with Crippen molar-refractivity contribution in [3.63, 3.8) is 0 Å². The molecule has 1 atom stereocenters. The topological polar surface area (TPSA) is 74.6 Å². The summed E-state index contributed by atoms with van der Waals surface area (Å²) in [7, 11) is -4.30. The van der Waals surface area contributed by atoms with Crippen LogP contribution in [0.2, 0.25) is 0 Å². The monoisotopic (exact) mass is 191 g/mol. The molecule has 0 saturated heterocycles. The molecule has 11 heavy (non-hydrogen) atoms. The molecule has 63 valence electrons. The van der Waals surface area contributed by atoms with E-state index in [0.29, 0.717) is 0 Å². The Kier molecular flexibility index (Phi) is 5.50. The minimum Gasteiger partial charge on any atom is -0.375 e. The summed E-state index contributed by atoms with van der Waals surface area (Å²) >= 11 is 0. The molecule has 6 heteroatoms. The van der Waals surface area contributed by atoms with Crippen molar-refractivity contribution in [2.45, 2.75) is 26.2 Å². The molecule has 4 nitrogen and oxygen atoms in total. The van der Waals surface area contributed by atoms with Gasteiger partial charge in [-0.25, -0.2) is 0 Å². The maximum Gasteiger partial charge on any atom is 0.292 e. The summed E-state index contributed by atoms with van der Waals surface area (Å²) in [4.78, 5) is 0. The van der Waals surface area contributed by atoms with Gasteiger partial charge in [0.25, 0.3) is 10.1 Å². The van der Waals surface area contributed by atoms with Gasteiger partial charge in [-0.2, -0.15) is 8.42 Å². The first kappa shape index (κ1) is 14.4. The Labute approximate surface area is 89.0 Å². The Morgan fingerprint density at radius 1 is 1.27 bits per heavy atom.